The van der Waals surface area contributed by atoms with Crippen LogP contribution in [-0.2, 0) is 0 Å². The topological polar surface area (TPSA) is 36.7 Å². The Morgan fingerprint density at radius 1 is 1.14 bits per heavy atom. The highest BCUT2D eigenvalue weighted by molar-refractivity contribution is 7.19. The van der Waals surface area contributed by atoms with E-state index < -0.39 is 0 Å². The van der Waals surface area contributed by atoms with Gasteiger partial charge in [0.1, 0.15) is 11.1 Å². The van der Waals surface area contributed by atoms with Crippen molar-refractivity contribution in [1.29, 1.82) is 5.26 Å². The SMILES string of the molecule is Cc1cc(C)c(/C=C(\C#N)c2nc3ccccc3s2)c(C)c1. The molecule has 3 heteroatoms. The van der Waals surface area contributed by atoms with Crippen LogP contribution in [0.15, 0.2) is 36.4 Å². The highest BCUT2D eigenvalue weighted by Crippen LogP contribution is 2.29. The van der Waals surface area contributed by atoms with E-state index in [0.29, 0.717) is 5.57 Å². The van der Waals surface area contributed by atoms with E-state index in [1.165, 1.54) is 16.7 Å². The number of allylic oxidation sites excluding steroid dienone is 1. The normalized spacial score (nSPS) is 11.6. The summed E-state index contributed by atoms with van der Waals surface area (Å²) in [5, 5.41) is 10.3. The van der Waals surface area contributed by atoms with Crippen LogP contribution in [0.3, 0.4) is 0 Å². The zero-order valence-electron chi connectivity index (χ0n) is 12.8. The molecular weight excluding hydrogens is 288 g/mol. The third-order valence-electron chi connectivity index (χ3n) is 3.67. The number of aromatic nitrogens is 1. The third-order valence-corrected chi connectivity index (χ3v) is 4.74. The molecule has 1 heterocycles. The summed E-state index contributed by atoms with van der Waals surface area (Å²) in [6, 6.07) is 14.6. The molecule has 22 heavy (non-hydrogen) atoms. The lowest BCUT2D eigenvalue weighted by molar-refractivity contribution is 1.30. The van der Waals surface area contributed by atoms with Gasteiger partial charge in [0.15, 0.2) is 0 Å². The molecule has 0 aliphatic heterocycles. The summed E-state index contributed by atoms with van der Waals surface area (Å²) < 4.78 is 1.11. The van der Waals surface area contributed by atoms with E-state index in [4.69, 9.17) is 0 Å². The summed E-state index contributed by atoms with van der Waals surface area (Å²) in [6.07, 6.45) is 1.96. The maximum absolute atomic E-state index is 9.55. The summed E-state index contributed by atoms with van der Waals surface area (Å²) in [4.78, 5) is 4.58. The van der Waals surface area contributed by atoms with Crippen LogP contribution in [0.5, 0.6) is 0 Å². The summed E-state index contributed by atoms with van der Waals surface area (Å²) in [7, 11) is 0. The number of fused-ring (bicyclic) bond motifs is 1. The molecule has 0 fully saturated rings. The van der Waals surface area contributed by atoms with Crippen molar-refractivity contribution in [1.82, 2.24) is 4.98 Å². The summed E-state index contributed by atoms with van der Waals surface area (Å²) in [5.41, 5.74) is 6.29. The Morgan fingerprint density at radius 3 is 2.45 bits per heavy atom. The van der Waals surface area contributed by atoms with Crippen LogP contribution >= 0.6 is 11.3 Å². The minimum atomic E-state index is 0.622. The zero-order chi connectivity index (χ0) is 15.7. The van der Waals surface area contributed by atoms with Gasteiger partial charge >= 0.3 is 0 Å². The Morgan fingerprint density at radius 2 is 1.82 bits per heavy atom. The van der Waals surface area contributed by atoms with Crippen LogP contribution < -0.4 is 0 Å². The third kappa shape index (κ3) is 2.66. The number of thiazole rings is 1. The van der Waals surface area contributed by atoms with Crippen molar-refractivity contribution >= 4 is 33.2 Å². The first-order valence-corrected chi connectivity index (χ1v) is 7.95. The van der Waals surface area contributed by atoms with Crippen molar-refractivity contribution in [3.8, 4) is 6.07 Å². The molecule has 0 aliphatic rings. The van der Waals surface area contributed by atoms with Crippen LogP contribution in [0.4, 0.5) is 0 Å². The van der Waals surface area contributed by atoms with Gasteiger partial charge < -0.3 is 0 Å². The van der Waals surface area contributed by atoms with E-state index in [9.17, 15) is 5.26 Å². The van der Waals surface area contributed by atoms with Gasteiger partial charge in [-0.1, -0.05) is 29.8 Å². The highest BCUT2D eigenvalue weighted by atomic mass is 32.1. The minimum absolute atomic E-state index is 0.622. The van der Waals surface area contributed by atoms with Gasteiger partial charge in [-0.15, -0.1) is 11.3 Å². The van der Waals surface area contributed by atoms with Crippen molar-refractivity contribution < 1.29 is 0 Å². The molecule has 0 bridgehead atoms. The molecule has 3 aromatic rings. The molecule has 108 valence electrons. The van der Waals surface area contributed by atoms with Gasteiger partial charge in [-0.25, -0.2) is 4.98 Å². The number of nitriles is 1. The number of hydrogen-bond acceptors (Lipinski definition) is 3. The van der Waals surface area contributed by atoms with Crippen molar-refractivity contribution in [2.75, 3.05) is 0 Å². The summed E-state index contributed by atoms with van der Waals surface area (Å²) in [6.45, 7) is 6.25. The first-order valence-electron chi connectivity index (χ1n) is 7.14. The molecule has 0 spiro atoms. The lowest BCUT2D eigenvalue weighted by atomic mass is 9.98. The van der Waals surface area contributed by atoms with E-state index in [1.54, 1.807) is 11.3 Å². The van der Waals surface area contributed by atoms with Gasteiger partial charge in [-0.05, 0) is 55.7 Å². The highest BCUT2D eigenvalue weighted by Gasteiger charge is 2.10. The molecule has 0 unspecified atom stereocenters. The molecule has 0 saturated carbocycles. The first-order chi connectivity index (χ1) is 10.6. The van der Waals surface area contributed by atoms with E-state index >= 15 is 0 Å². The van der Waals surface area contributed by atoms with Gasteiger partial charge in [0.25, 0.3) is 0 Å². The second-order valence-electron chi connectivity index (χ2n) is 5.47. The van der Waals surface area contributed by atoms with E-state index in [1.807, 2.05) is 30.3 Å². The Kier molecular flexibility index (Phi) is 3.79. The van der Waals surface area contributed by atoms with E-state index in [-0.39, 0.29) is 0 Å². The van der Waals surface area contributed by atoms with Crippen LogP contribution in [0, 0.1) is 32.1 Å². The van der Waals surface area contributed by atoms with Gasteiger partial charge in [0.05, 0.1) is 15.8 Å². The average molecular weight is 304 g/mol. The fourth-order valence-electron chi connectivity index (χ4n) is 2.69. The summed E-state index contributed by atoms with van der Waals surface area (Å²) >= 11 is 1.56. The van der Waals surface area contributed by atoms with E-state index in [0.717, 1.165) is 20.8 Å². The Hall–Kier alpha value is -2.44. The largest absolute Gasteiger partial charge is 0.235 e. The van der Waals surface area contributed by atoms with Gasteiger partial charge in [-0.2, -0.15) is 5.26 Å². The number of benzene rings is 2. The second-order valence-corrected chi connectivity index (χ2v) is 6.50. The monoisotopic (exact) mass is 304 g/mol. The Balaban J connectivity index is 2.14. The van der Waals surface area contributed by atoms with Crippen molar-refractivity contribution in [3.05, 3.63) is 63.7 Å². The molecule has 2 aromatic carbocycles. The smallest absolute Gasteiger partial charge is 0.135 e. The fraction of sp³-hybridized carbons (Fsp3) is 0.158. The second kappa shape index (κ2) is 5.75. The number of para-hydroxylation sites is 1. The quantitative estimate of drug-likeness (QED) is 0.603. The number of aryl methyl sites for hydroxylation is 3. The van der Waals surface area contributed by atoms with Crippen LogP contribution in [-0.4, -0.2) is 4.98 Å². The molecule has 1 aromatic heterocycles. The van der Waals surface area contributed by atoms with Gasteiger partial charge in [0.2, 0.25) is 0 Å². The molecule has 3 rings (SSSR count). The molecule has 0 amide bonds. The Bertz CT molecular complexity index is 870. The van der Waals surface area contributed by atoms with Gasteiger partial charge in [0, 0.05) is 0 Å². The van der Waals surface area contributed by atoms with Crippen molar-refractivity contribution in [2.24, 2.45) is 0 Å². The molecule has 0 radical (unpaired) electrons. The molecular formula is C19H16N2S. The lowest BCUT2D eigenvalue weighted by Gasteiger charge is -2.07. The number of nitrogens with zero attached hydrogens (tertiary/aromatic N) is 2. The summed E-state index contributed by atoms with van der Waals surface area (Å²) in [5.74, 6) is 0. The predicted molar refractivity (Wildman–Crippen MR) is 93.8 cm³/mol. The number of rotatable bonds is 2. The predicted octanol–water partition coefficient (Wildman–Crippen LogP) is 5.29. The average Bonchev–Trinajstić information content (AvgIpc) is 2.90. The standard InChI is InChI=1S/C19H16N2S/c1-12-8-13(2)16(14(3)9-12)10-15(11-20)19-21-17-6-4-5-7-18(17)22-19/h4-10H,1-3H3/b15-10+. The molecule has 2 nitrogen and oxygen atoms in total. The molecule has 0 atom stereocenters. The zero-order valence-corrected chi connectivity index (χ0v) is 13.7. The lowest BCUT2D eigenvalue weighted by Crippen LogP contribution is -1.90. The van der Waals surface area contributed by atoms with Gasteiger partial charge in [-0.3, -0.25) is 0 Å². The maximum Gasteiger partial charge on any atom is 0.135 e. The van der Waals surface area contributed by atoms with Crippen LogP contribution in [0.25, 0.3) is 21.9 Å². The molecule has 0 aliphatic carbocycles. The molecule has 0 saturated heterocycles. The first kappa shape index (κ1) is 14.5. The van der Waals surface area contributed by atoms with Crippen molar-refractivity contribution in [2.45, 2.75) is 20.8 Å². The fourth-order valence-corrected chi connectivity index (χ4v) is 3.62. The van der Waals surface area contributed by atoms with Crippen molar-refractivity contribution in [3.63, 3.8) is 0 Å². The van der Waals surface area contributed by atoms with Crippen LogP contribution in [0.1, 0.15) is 27.3 Å². The van der Waals surface area contributed by atoms with E-state index in [2.05, 4.69) is 44.0 Å². The number of hydrogen-bond donors (Lipinski definition) is 0. The van der Waals surface area contributed by atoms with Crippen LogP contribution in [0.2, 0.25) is 0 Å². The minimum Gasteiger partial charge on any atom is -0.235 e. The molecule has 0 N–H and O–H groups in total. The maximum atomic E-state index is 9.55. The Labute approximate surface area is 134 Å².